The lowest BCUT2D eigenvalue weighted by Crippen LogP contribution is -2.58. The minimum absolute atomic E-state index is 0.00706. The van der Waals surface area contributed by atoms with Crippen molar-refractivity contribution >= 4 is 24.0 Å². The van der Waals surface area contributed by atoms with E-state index in [2.05, 4.69) is 24.5 Å². The number of ether oxygens (including phenoxy) is 2. The van der Waals surface area contributed by atoms with Crippen molar-refractivity contribution in [3.63, 3.8) is 0 Å². The first-order chi connectivity index (χ1) is 25.2. The largest absolute Gasteiger partial charge is 0.461 e. The Labute approximate surface area is 322 Å². The molecule has 53 heavy (non-hydrogen) atoms. The van der Waals surface area contributed by atoms with Gasteiger partial charge in [-0.2, -0.15) is 0 Å². The Balaban J connectivity index is 3.30. The van der Waals surface area contributed by atoms with Crippen molar-refractivity contribution in [2.75, 3.05) is 26.2 Å². The number of hydrogen-bond donors (Lipinski definition) is 2. The normalized spacial score (nSPS) is 12.2. The van der Waals surface area contributed by atoms with Gasteiger partial charge in [0.25, 0.3) is 0 Å². The van der Waals surface area contributed by atoms with Crippen LogP contribution in [0.2, 0.25) is 0 Å². The van der Waals surface area contributed by atoms with E-state index in [-0.39, 0.29) is 32.0 Å². The van der Waals surface area contributed by atoms with Crippen LogP contribution < -0.4 is 10.6 Å². The predicted octanol–water partition coefficient (Wildman–Crippen LogP) is 9.93. The lowest BCUT2D eigenvalue weighted by Gasteiger charge is -2.36. The van der Waals surface area contributed by atoms with Crippen molar-refractivity contribution in [1.29, 1.82) is 0 Å². The topological polar surface area (TPSA) is 117 Å². The molecule has 10 heteroatoms. The molecule has 1 rings (SSSR count). The molecule has 0 saturated heterocycles. The van der Waals surface area contributed by atoms with Gasteiger partial charge in [0.2, 0.25) is 5.91 Å². The van der Waals surface area contributed by atoms with E-state index in [0.717, 1.165) is 44.1 Å². The Morgan fingerprint density at radius 2 is 1.17 bits per heavy atom. The fourth-order valence-electron chi connectivity index (χ4n) is 6.09. The Morgan fingerprint density at radius 1 is 0.679 bits per heavy atom. The predicted molar refractivity (Wildman–Crippen MR) is 216 cm³/mol. The van der Waals surface area contributed by atoms with Gasteiger partial charge < -0.3 is 29.9 Å². The van der Waals surface area contributed by atoms with Gasteiger partial charge in [-0.1, -0.05) is 134 Å². The number of nitrogens with one attached hydrogen (secondary N) is 2. The second-order valence-corrected chi connectivity index (χ2v) is 16.4. The molecule has 0 saturated carbocycles. The van der Waals surface area contributed by atoms with Gasteiger partial charge >= 0.3 is 18.1 Å². The molecule has 0 bridgehead atoms. The molecule has 0 fully saturated rings. The van der Waals surface area contributed by atoms with Crippen molar-refractivity contribution in [2.24, 2.45) is 0 Å². The average Bonchev–Trinajstić information content (AvgIpc) is 3.08. The van der Waals surface area contributed by atoms with Gasteiger partial charge in [0.15, 0.2) is 0 Å². The van der Waals surface area contributed by atoms with Crippen LogP contribution in [-0.2, 0) is 25.7 Å². The van der Waals surface area contributed by atoms with Gasteiger partial charge in [-0.05, 0) is 59.9 Å². The number of rotatable bonds is 27. The molecule has 4 amide bonds. The molecule has 1 atom stereocenters. The van der Waals surface area contributed by atoms with Crippen LogP contribution in [0.3, 0.4) is 0 Å². The molecule has 1 aromatic carbocycles. The molecule has 0 radical (unpaired) electrons. The minimum Gasteiger partial charge on any atom is -0.461 e. The first-order valence-corrected chi connectivity index (χ1v) is 20.7. The lowest BCUT2D eigenvalue weighted by molar-refractivity contribution is -0.150. The summed E-state index contributed by atoms with van der Waals surface area (Å²) in [6.45, 7) is 16.6. The summed E-state index contributed by atoms with van der Waals surface area (Å²) >= 11 is 0. The summed E-state index contributed by atoms with van der Waals surface area (Å²) < 4.78 is 11.1. The van der Waals surface area contributed by atoms with Crippen molar-refractivity contribution < 1.29 is 28.7 Å². The zero-order valence-electron chi connectivity index (χ0n) is 34.9. The fraction of sp³-hybridized carbons (Fsp3) is 0.767. The van der Waals surface area contributed by atoms with Gasteiger partial charge in [-0.3, -0.25) is 9.59 Å². The summed E-state index contributed by atoms with van der Waals surface area (Å²) in [6, 6.07) is 7.78. The molecule has 304 valence electrons. The second kappa shape index (κ2) is 27.3. The van der Waals surface area contributed by atoms with E-state index in [1.807, 2.05) is 56.0 Å². The van der Waals surface area contributed by atoms with Gasteiger partial charge in [0, 0.05) is 31.7 Å². The van der Waals surface area contributed by atoms with E-state index in [0.29, 0.717) is 13.1 Å². The molecule has 0 aromatic heterocycles. The second-order valence-electron chi connectivity index (χ2n) is 16.4. The van der Waals surface area contributed by atoms with Crippen LogP contribution in [0.25, 0.3) is 0 Å². The van der Waals surface area contributed by atoms with Crippen molar-refractivity contribution in [3.05, 3.63) is 35.9 Å². The summed E-state index contributed by atoms with van der Waals surface area (Å²) in [5.74, 6) is -0.839. The summed E-state index contributed by atoms with van der Waals surface area (Å²) in [7, 11) is 0. The maximum atomic E-state index is 14.7. The van der Waals surface area contributed by atoms with E-state index in [1.54, 1.807) is 20.8 Å². The highest BCUT2D eigenvalue weighted by atomic mass is 16.6. The first kappa shape index (κ1) is 47.7. The van der Waals surface area contributed by atoms with Crippen LogP contribution in [0.5, 0.6) is 0 Å². The zero-order valence-corrected chi connectivity index (χ0v) is 34.9. The van der Waals surface area contributed by atoms with E-state index >= 15 is 0 Å². The molecule has 0 heterocycles. The molecule has 0 spiro atoms. The molecule has 0 aliphatic rings. The monoisotopic (exact) mass is 745 g/mol. The smallest absolute Gasteiger partial charge is 0.407 e. The van der Waals surface area contributed by atoms with E-state index in [4.69, 9.17) is 9.47 Å². The van der Waals surface area contributed by atoms with Crippen LogP contribution in [0.4, 0.5) is 9.59 Å². The molecule has 2 N–H and O–H groups in total. The summed E-state index contributed by atoms with van der Waals surface area (Å²) in [6.07, 6.45) is 17.4. The number of esters is 1. The highest BCUT2D eigenvalue weighted by Crippen LogP contribution is 2.17. The third-order valence-corrected chi connectivity index (χ3v) is 8.90. The Hall–Kier alpha value is -3.30. The van der Waals surface area contributed by atoms with Crippen LogP contribution in [0.1, 0.15) is 170 Å². The highest BCUT2D eigenvalue weighted by molar-refractivity contribution is 5.91. The van der Waals surface area contributed by atoms with Gasteiger partial charge in [-0.15, -0.1) is 0 Å². The quantitative estimate of drug-likeness (QED) is 0.0684. The number of alkyl carbamates (subject to hydrolysis) is 1. The van der Waals surface area contributed by atoms with E-state index < -0.39 is 35.3 Å². The maximum Gasteiger partial charge on any atom is 0.407 e. The Morgan fingerprint density at radius 3 is 1.64 bits per heavy atom. The van der Waals surface area contributed by atoms with Gasteiger partial charge in [-0.25, -0.2) is 9.59 Å². The van der Waals surface area contributed by atoms with Crippen LogP contribution in [0.15, 0.2) is 30.3 Å². The van der Waals surface area contributed by atoms with Crippen LogP contribution >= 0.6 is 0 Å². The fourth-order valence-corrected chi connectivity index (χ4v) is 6.09. The Kier molecular flexibility index (Phi) is 24.6. The van der Waals surface area contributed by atoms with Crippen LogP contribution in [-0.4, -0.2) is 77.2 Å². The lowest BCUT2D eigenvalue weighted by atomic mass is 10.1. The van der Waals surface area contributed by atoms with E-state index in [9.17, 15) is 19.2 Å². The maximum absolute atomic E-state index is 14.7. The highest BCUT2D eigenvalue weighted by Gasteiger charge is 2.36. The number of urea groups is 1. The summed E-state index contributed by atoms with van der Waals surface area (Å²) in [5, 5.41) is 5.70. The zero-order chi connectivity index (χ0) is 39.5. The van der Waals surface area contributed by atoms with Crippen molar-refractivity contribution in [1.82, 2.24) is 20.4 Å². The average molecular weight is 745 g/mol. The molecule has 0 aliphatic carbocycles. The third kappa shape index (κ3) is 24.6. The standard InChI is InChI=1S/C43H76N4O6/c1-9-11-13-15-17-19-21-26-31-46(32-27-22-20-18-16-14-12-10-2)39(49)37(34-38(48)52-35-36-28-24-23-25-29-36)47(40(50)45-42(3,4)5)33-30-44-41(51)53-43(6,7)8/h23-25,28-29,37H,9-22,26-27,30-35H2,1-8H3,(H,44,51)(H,45,50). The minimum atomic E-state index is -1.12. The van der Waals surface area contributed by atoms with Crippen molar-refractivity contribution in [2.45, 2.75) is 188 Å². The third-order valence-electron chi connectivity index (χ3n) is 8.90. The van der Waals surface area contributed by atoms with Crippen molar-refractivity contribution in [3.8, 4) is 0 Å². The molecule has 1 aromatic rings. The number of nitrogens with zero attached hydrogens (tertiary/aromatic N) is 2. The Bertz CT molecular complexity index is 1130. The number of unbranched alkanes of at least 4 members (excludes halogenated alkanes) is 14. The first-order valence-electron chi connectivity index (χ1n) is 20.7. The number of carbonyl (C=O) groups excluding carboxylic acids is 4. The molecular weight excluding hydrogens is 668 g/mol. The summed E-state index contributed by atoms with van der Waals surface area (Å²) in [4.78, 5) is 57.9. The van der Waals surface area contributed by atoms with E-state index in [1.165, 1.54) is 69.1 Å². The molecule has 10 nitrogen and oxygen atoms in total. The molecule has 0 aliphatic heterocycles. The number of carbonyl (C=O) groups is 4. The molecular formula is C43H76N4O6. The molecule has 1 unspecified atom stereocenters. The number of hydrogen-bond acceptors (Lipinski definition) is 6. The number of benzene rings is 1. The van der Waals surface area contributed by atoms with Gasteiger partial charge in [0.05, 0.1) is 6.42 Å². The summed E-state index contributed by atoms with van der Waals surface area (Å²) in [5.41, 5.74) is -0.470. The number of amides is 4. The van der Waals surface area contributed by atoms with Crippen LogP contribution in [0, 0.1) is 0 Å². The van der Waals surface area contributed by atoms with Gasteiger partial charge in [0.1, 0.15) is 18.2 Å². The SMILES string of the molecule is CCCCCCCCCCN(CCCCCCCCCC)C(=O)C(CC(=O)OCc1ccccc1)N(CCNC(=O)OC(C)(C)C)C(=O)NC(C)(C)C.